The SMILES string of the molecule is Cc1ccc([C@@H](C)NC(=O)[C@@H]2C[C@@H]2C)c(C)c1. The van der Waals surface area contributed by atoms with Crippen molar-refractivity contribution in [3.8, 4) is 0 Å². The molecule has 1 aliphatic carbocycles. The van der Waals surface area contributed by atoms with E-state index in [-0.39, 0.29) is 17.9 Å². The van der Waals surface area contributed by atoms with Crippen LogP contribution in [0, 0.1) is 25.7 Å². The number of nitrogens with one attached hydrogen (secondary N) is 1. The maximum absolute atomic E-state index is 11.9. The van der Waals surface area contributed by atoms with Crippen molar-refractivity contribution < 1.29 is 4.79 Å². The van der Waals surface area contributed by atoms with Crippen LogP contribution >= 0.6 is 0 Å². The van der Waals surface area contributed by atoms with Gasteiger partial charge in [-0.15, -0.1) is 0 Å². The van der Waals surface area contributed by atoms with Gasteiger partial charge in [-0.2, -0.15) is 0 Å². The molecule has 0 radical (unpaired) electrons. The summed E-state index contributed by atoms with van der Waals surface area (Å²) in [5.41, 5.74) is 3.74. The summed E-state index contributed by atoms with van der Waals surface area (Å²) in [4.78, 5) is 11.9. The summed E-state index contributed by atoms with van der Waals surface area (Å²) >= 11 is 0. The summed E-state index contributed by atoms with van der Waals surface area (Å²) in [6.45, 7) is 8.38. The Bertz CT molecular complexity index is 439. The fourth-order valence-corrected chi connectivity index (χ4v) is 2.40. The van der Waals surface area contributed by atoms with E-state index in [1.807, 2.05) is 0 Å². The number of amides is 1. The fourth-order valence-electron chi connectivity index (χ4n) is 2.40. The fraction of sp³-hybridized carbons (Fsp3) is 0.533. The molecule has 2 heteroatoms. The highest BCUT2D eigenvalue weighted by molar-refractivity contribution is 5.81. The minimum Gasteiger partial charge on any atom is -0.349 e. The molecular formula is C15H21NO. The number of benzene rings is 1. The van der Waals surface area contributed by atoms with E-state index >= 15 is 0 Å². The summed E-state index contributed by atoms with van der Waals surface area (Å²) in [7, 11) is 0. The average molecular weight is 231 g/mol. The van der Waals surface area contributed by atoms with Gasteiger partial charge in [-0.1, -0.05) is 30.7 Å². The topological polar surface area (TPSA) is 29.1 Å². The molecule has 2 rings (SSSR count). The van der Waals surface area contributed by atoms with Crippen LogP contribution in [-0.2, 0) is 4.79 Å². The van der Waals surface area contributed by atoms with Crippen LogP contribution in [0.3, 0.4) is 0 Å². The van der Waals surface area contributed by atoms with E-state index in [0.29, 0.717) is 5.92 Å². The van der Waals surface area contributed by atoms with Crippen LogP contribution in [0.4, 0.5) is 0 Å². The van der Waals surface area contributed by atoms with Gasteiger partial charge in [0.1, 0.15) is 0 Å². The Balaban J connectivity index is 2.04. The molecule has 0 unspecified atom stereocenters. The zero-order chi connectivity index (χ0) is 12.6. The van der Waals surface area contributed by atoms with Gasteiger partial charge in [0.2, 0.25) is 5.91 Å². The van der Waals surface area contributed by atoms with E-state index in [2.05, 4.69) is 51.2 Å². The predicted molar refractivity (Wildman–Crippen MR) is 69.7 cm³/mol. The van der Waals surface area contributed by atoms with Crippen LogP contribution in [0.1, 0.15) is 43.0 Å². The smallest absolute Gasteiger partial charge is 0.223 e. The van der Waals surface area contributed by atoms with Crippen molar-refractivity contribution in [2.75, 3.05) is 0 Å². The molecule has 2 nitrogen and oxygen atoms in total. The zero-order valence-corrected chi connectivity index (χ0v) is 11.1. The molecule has 17 heavy (non-hydrogen) atoms. The third-order valence-electron chi connectivity index (χ3n) is 3.70. The minimum atomic E-state index is 0.107. The number of hydrogen-bond acceptors (Lipinski definition) is 1. The lowest BCUT2D eigenvalue weighted by molar-refractivity contribution is -0.123. The molecule has 1 N–H and O–H groups in total. The minimum absolute atomic E-state index is 0.107. The lowest BCUT2D eigenvalue weighted by Gasteiger charge is -2.17. The van der Waals surface area contributed by atoms with Crippen molar-refractivity contribution in [3.63, 3.8) is 0 Å². The lowest BCUT2D eigenvalue weighted by Crippen LogP contribution is -2.28. The molecule has 1 aromatic rings. The van der Waals surface area contributed by atoms with Crippen molar-refractivity contribution in [2.24, 2.45) is 11.8 Å². The number of hydrogen-bond donors (Lipinski definition) is 1. The molecule has 92 valence electrons. The molecule has 0 heterocycles. The number of aryl methyl sites for hydroxylation is 2. The second-order valence-electron chi connectivity index (χ2n) is 5.41. The first-order valence-electron chi connectivity index (χ1n) is 6.36. The van der Waals surface area contributed by atoms with Crippen LogP contribution in [0.15, 0.2) is 18.2 Å². The van der Waals surface area contributed by atoms with Crippen LogP contribution in [0.2, 0.25) is 0 Å². The standard InChI is InChI=1S/C15H21NO/c1-9-5-6-13(10(2)7-9)12(4)16-15(17)14-8-11(14)3/h5-7,11-12,14H,8H2,1-4H3,(H,16,17)/t11-,12+,14+/m0/s1. The normalized spacial score (nSPS) is 24.2. The molecule has 1 amide bonds. The van der Waals surface area contributed by atoms with Crippen molar-refractivity contribution in [3.05, 3.63) is 34.9 Å². The summed E-state index contributed by atoms with van der Waals surface area (Å²) in [5.74, 6) is 1.04. The van der Waals surface area contributed by atoms with Crippen molar-refractivity contribution in [1.29, 1.82) is 0 Å². The highest BCUT2D eigenvalue weighted by Crippen LogP contribution is 2.38. The Labute approximate surface area is 103 Å². The molecule has 0 aliphatic heterocycles. The molecule has 0 saturated heterocycles. The molecule has 0 aromatic heterocycles. The predicted octanol–water partition coefficient (Wildman–Crippen LogP) is 3.14. The highest BCUT2D eigenvalue weighted by Gasteiger charge is 2.39. The van der Waals surface area contributed by atoms with E-state index in [9.17, 15) is 4.79 Å². The van der Waals surface area contributed by atoms with Crippen LogP contribution in [0.5, 0.6) is 0 Å². The van der Waals surface area contributed by atoms with Crippen molar-refractivity contribution in [1.82, 2.24) is 5.32 Å². The third kappa shape index (κ3) is 2.68. The van der Waals surface area contributed by atoms with Gasteiger partial charge < -0.3 is 5.32 Å². The first-order chi connectivity index (χ1) is 7.99. The van der Waals surface area contributed by atoms with Crippen molar-refractivity contribution >= 4 is 5.91 Å². The van der Waals surface area contributed by atoms with Crippen LogP contribution in [-0.4, -0.2) is 5.91 Å². The molecule has 0 spiro atoms. The van der Waals surface area contributed by atoms with Crippen LogP contribution < -0.4 is 5.32 Å². The van der Waals surface area contributed by atoms with Crippen molar-refractivity contribution in [2.45, 2.75) is 40.2 Å². The Kier molecular flexibility index (Phi) is 3.23. The second kappa shape index (κ2) is 4.52. The first-order valence-corrected chi connectivity index (χ1v) is 6.36. The molecule has 1 saturated carbocycles. The van der Waals surface area contributed by atoms with Gasteiger partial charge >= 0.3 is 0 Å². The summed E-state index contributed by atoms with van der Waals surface area (Å²) in [5, 5.41) is 3.11. The summed E-state index contributed by atoms with van der Waals surface area (Å²) in [6, 6.07) is 6.49. The zero-order valence-electron chi connectivity index (χ0n) is 11.1. The largest absolute Gasteiger partial charge is 0.349 e. The van der Waals surface area contributed by atoms with Gasteiger partial charge in [0.05, 0.1) is 6.04 Å². The summed E-state index contributed by atoms with van der Waals surface area (Å²) < 4.78 is 0. The average Bonchev–Trinajstić information content (AvgIpc) is 2.95. The van der Waals surface area contributed by atoms with Gasteiger partial charge in [0.15, 0.2) is 0 Å². The van der Waals surface area contributed by atoms with E-state index in [4.69, 9.17) is 0 Å². The summed E-state index contributed by atoms with van der Waals surface area (Å²) in [6.07, 6.45) is 1.05. The third-order valence-corrected chi connectivity index (χ3v) is 3.70. The Morgan fingerprint density at radius 3 is 2.59 bits per heavy atom. The maximum atomic E-state index is 11.9. The molecular weight excluding hydrogens is 210 g/mol. The van der Waals surface area contributed by atoms with Gasteiger partial charge in [0, 0.05) is 5.92 Å². The molecule has 3 atom stereocenters. The molecule has 1 fully saturated rings. The van der Waals surface area contributed by atoms with E-state index in [1.165, 1.54) is 16.7 Å². The Morgan fingerprint density at radius 1 is 1.41 bits per heavy atom. The van der Waals surface area contributed by atoms with E-state index in [0.717, 1.165) is 6.42 Å². The lowest BCUT2D eigenvalue weighted by atomic mass is 10.00. The number of carbonyl (C=O) groups is 1. The first kappa shape index (κ1) is 12.2. The quantitative estimate of drug-likeness (QED) is 0.850. The van der Waals surface area contributed by atoms with Gasteiger partial charge in [-0.25, -0.2) is 0 Å². The van der Waals surface area contributed by atoms with Gasteiger partial charge in [-0.05, 0) is 44.2 Å². The molecule has 1 aliphatic rings. The van der Waals surface area contributed by atoms with Crippen LogP contribution in [0.25, 0.3) is 0 Å². The molecule has 0 bridgehead atoms. The van der Waals surface area contributed by atoms with Gasteiger partial charge in [0.25, 0.3) is 0 Å². The Hall–Kier alpha value is -1.31. The Morgan fingerprint density at radius 2 is 2.06 bits per heavy atom. The van der Waals surface area contributed by atoms with E-state index < -0.39 is 0 Å². The molecule has 1 aromatic carbocycles. The number of rotatable bonds is 3. The monoisotopic (exact) mass is 231 g/mol. The maximum Gasteiger partial charge on any atom is 0.223 e. The highest BCUT2D eigenvalue weighted by atomic mass is 16.2. The van der Waals surface area contributed by atoms with E-state index in [1.54, 1.807) is 0 Å². The second-order valence-corrected chi connectivity index (χ2v) is 5.41. The number of carbonyl (C=O) groups excluding carboxylic acids is 1. The van der Waals surface area contributed by atoms with Gasteiger partial charge in [-0.3, -0.25) is 4.79 Å².